The average Bonchev–Trinajstić information content (AvgIpc) is 2.98. The molecule has 2 rings (SSSR count). The standard InChI is InChI=1S/C18H27ClO3/c1-2-16-14-12-15(19)18(22-16)13(14)10-8-6-4-3-5-7-9-11-17(20)21/h3-4,8,10,13-16,18H,2,5-7,9,11-12H2,1H3,(H,20,21)/b4-3-,10-8-/t13-,14+,15+,16?,18?/m0/s1. The summed E-state index contributed by atoms with van der Waals surface area (Å²) in [5.41, 5.74) is 0. The van der Waals surface area contributed by atoms with E-state index in [9.17, 15) is 4.79 Å². The van der Waals surface area contributed by atoms with Crippen molar-refractivity contribution in [3.05, 3.63) is 24.3 Å². The van der Waals surface area contributed by atoms with Crippen LogP contribution in [0, 0.1) is 11.8 Å². The van der Waals surface area contributed by atoms with Crippen LogP contribution in [0.25, 0.3) is 0 Å². The molecule has 0 aromatic carbocycles. The van der Waals surface area contributed by atoms with Crippen LogP contribution in [0.2, 0.25) is 0 Å². The van der Waals surface area contributed by atoms with E-state index in [4.69, 9.17) is 21.4 Å². The molecule has 2 aliphatic rings. The van der Waals surface area contributed by atoms with Gasteiger partial charge in [-0.1, -0.05) is 31.2 Å². The van der Waals surface area contributed by atoms with Crippen molar-refractivity contribution in [1.29, 1.82) is 0 Å². The molecule has 1 aliphatic carbocycles. The van der Waals surface area contributed by atoms with Gasteiger partial charge in [0.05, 0.1) is 17.6 Å². The number of rotatable bonds is 9. The first-order valence-corrected chi connectivity index (χ1v) is 8.90. The van der Waals surface area contributed by atoms with Crippen molar-refractivity contribution in [1.82, 2.24) is 0 Å². The summed E-state index contributed by atoms with van der Waals surface area (Å²) in [6, 6.07) is 0. The summed E-state index contributed by atoms with van der Waals surface area (Å²) in [7, 11) is 0. The van der Waals surface area contributed by atoms with Gasteiger partial charge in [-0.15, -0.1) is 11.6 Å². The third-order valence-electron chi connectivity index (χ3n) is 4.75. The predicted molar refractivity (Wildman–Crippen MR) is 89.2 cm³/mol. The Morgan fingerprint density at radius 2 is 2.14 bits per heavy atom. The number of unbranched alkanes of at least 4 members (excludes halogenated alkanes) is 2. The quantitative estimate of drug-likeness (QED) is 0.384. The molecule has 0 aromatic rings. The van der Waals surface area contributed by atoms with Crippen LogP contribution >= 0.6 is 11.6 Å². The van der Waals surface area contributed by atoms with Gasteiger partial charge in [0.25, 0.3) is 0 Å². The van der Waals surface area contributed by atoms with E-state index < -0.39 is 5.97 Å². The molecule has 1 heterocycles. The topological polar surface area (TPSA) is 46.5 Å². The van der Waals surface area contributed by atoms with Crippen molar-refractivity contribution in [3.8, 4) is 0 Å². The predicted octanol–water partition coefficient (Wildman–Crippen LogP) is 4.55. The second-order valence-electron chi connectivity index (χ2n) is 6.32. The molecule has 0 spiro atoms. The lowest BCUT2D eigenvalue weighted by atomic mass is 9.91. The summed E-state index contributed by atoms with van der Waals surface area (Å²) >= 11 is 6.34. The number of carboxylic acid groups (broad SMARTS) is 1. The fourth-order valence-corrected chi connectivity index (χ4v) is 4.07. The number of carbonyl (C=O) groups is 1. The molecule has 2 fully saturated rings. The summed E-state index contributed by atoms with van der Waals surface area (Å²) in [6.07, 6.45) is 15.4. The lowest BCUT2D eigenvalue weighted by Gasteiger charge is -2.23. The number of allylic oxidation sites excluding steroid dienone is 3. The minimum Gasteiger partial charge on any atom is -0.481 e. The minimum absolute atomic E-state index is 0.173. The highest BCUT2D eigenvalue weighted by Crippen LogP contribution is 2.48. The molecule has 0 amide bonds. The van der Waals surface area contributed by atoms with Gasteiger partial charge in [-0.3, -0.25) is 4.79 Å². The third kappa shape index (κ3) is 4.60. The number of hydrogen-bond donors (Lipinski definition) is 1. The molecule has 1 N–H and O–H groups in total. The number of ether oxygens (including phenoxy) is 1. The second-order valence-corrected chi connectivity index (χ2v) is 6.88. The van der Waals surface area contributed by atoms with E-state index in [2.05, 4.69) is 31.2 Å². The Kier molecular flexibility index (Phi) is 6.97. The molecule has 1 saturated carbocycles. The van der Waals surface area contributed by atoms with Gasteiger partial charge in [0.2, 0.25) is 0 Å². The summed E-state index contributed by atoms with van der Waals surface area (Å²) in [6.45, 7) is 2.18. The molecule has 4 heteroatoms. The number of aliphatic carboxylic acids is 1. The highest BCUT2D eigenvalue weighted by molar-refractivity contribution is 6.21. The van der Waals surface area contributed by atoms with Crippen LogP contribution in [-0.2, 0) is 9.53 Å². The average molecular weight is 327 g/mol. The molecule has 5 atom stereocenters. The second kappa shape index (κ2) is 8.73. The Hall–Kier alpha value is -0.800. The molecule has 3 nitrogen and oxygen atoms in total. The van der Waals surface area contributed by atoms with Gasteiger partial charge >= 0.3 is 5.97 Å². The Balaban J connectivity index is 1.65. The van der Waals surface area contributed by atoms with Crippen molar-refractivity contribution in [2.24, 2.45) is 11.8 Å². The fourth-order valence-electron chi connectivity index (χ4n) is 3.63. The van der Waals surface area contributed by atoms with Gasteiger partial charge < -0.3 is 9.84 Å². The number of alkyl halides is 1. The molecule has 2 bridgehead atoms. The monoisotopic (exact) mass is 326 g/mol. The molecule has 0 aromatic heterocycles. The van der Waals surface area contributed by atoms with E-state index in [-0.39, 0.29) is 17.9 Å². The van der Waals surface area contributed by atoms with Crippen LogP contribution in [0.1, 0.15) is 51.9 Å². The number of fused-ring (bicyclic) bond motifs is 2. The smallest absolute Gasteiger partial charge is 0.303 e. The summed E-state index contributed by atoms with van der Waals surface area (Å²) in [4.78, 5) is 10.4. The Morgan fingerprint density at radius 3 is 2.86 bits per heavy atom. The molecule has 0 radical (unpaired) electrons. The van der Waals surface area contributed by atoms with Crippen molar-refractivity contribution in [2.45, 2.75) is 69.5 Å². The maximum absolute atomic E-state index is 10.4. The van der Waals surface area contributed by atoms with Crippen LogP contribution in [0.3, 0.4) is 0 Å². The molecular formula is C18H27ClO3. The lowest BCUT2D eigenvalue weighted by molar-refractivity contribution is -0.137. The highest BCUT2D eigenvalue weighted by Gasteiger charge is 2.52. The van der Waals surface area contributed by atoms with E-state index in [0.717, 1.165) is 38.5 Å². The van der Waals surface area contributed by atoms with Gasteiger partial charge in [-0.25, -0.2) is 0 Å². The maximum atomic E-state index is 10.4. The number of carboxylic acids is 1. The summed E-state index contributed by atoms with van der Waals surface area (Å²) < 4.78 is 6.03. The zero-order chi connectivity index (χ0) is 15.9. The van der Waals surface area contributed by atoms with E-state index in [1.165, 1.54) is 0 Å². The molecule has 124 valence electrons. The first-order valence-electron chi connectivity index (χ1n) is 8.46. The summed E-state index contributed by atoms with van der Waals surface area (Å²) in [5, 5.41) is 8.72. The van der Waals surface area contributed by atoms with E-state index >= 15 is 0 Å². The van der Waals surface area contributed by atoms with Crippen molar-refractivity contribution >= 4 is 17.6 Å². The summed E-state index contributed by atoms with van der Waals surface area (Å²) in [5.74, 6) is 0.369. The molecule has 1 aliphatic heterocycles. The third-order valence-corrected chi connectivity index (χ3v) is 5.17. The normalized spacial score (nSPS) is 34.2. The zero-order valence-electron chi connectivity index (χ0n) is 13.3. The van der Waals surface area contributed by atoms with Crippen molar-refractivity contribution in [2.75, 3.05) is 0 Å². The van der Waals surface area contributed by atoms with E-state index in [1.807, 2.05) is 0 Å². The molecule has 22 heavy (non-hydrogen) atoms. The zero-order valence-corrected chi connectivity index (χ0v) is 14.0. The van der Waals surface area contributed by atoms with Gasteiger partial charge in [-0.05, 0) is 44.4 Å². The van der Waals surface area contributed by atoms with Crippen molar-refractivity contribution < 1.29 is 14.6 Å². The molecular weight excluding hydrogens is 300 g/mol. The first kappa shape index (κ1) is 17.6. The highest BCUT2D eigenvalue weighted by atomic mass is 35.5. The van der Waals surface area contributed by atoms with Crippen LogP contribution in [0.15, 0.2) is 24.3 Å². The van der Waals surface area contributed by atoms with Crippen LogP contribution in [0.5, 0.6) is 0 Å². The van der Waals surface area contributed by atoms with Gasteiger partial charge in [0.15, 0.2) is 0 Å². The van der Waals surface area contributed by atoms with Crippen LogP contribution < -0.4 is 0 Å². The first-order chi connectivity index (χ1) is 10.6. The van der Waals surface area contributed by atoms with E-state index in [0.29, 0.717) is 17.9 Å². The van der Waals surface area contributed by atoms with Crippen molar-refractivity contribution in [3.63, 3.8) is 0 Å². The largest absolute Gasteiger partial charge is 0.481 e. The Labute approximate surface area is 138 Å². The molecule has 1 saturated heterocycles. The maximum Gasteiger partial charge on any atom is 0.303 e. The van der Waals surface area contributed by atoms with E-state index in [1.54, 1.807) is 0 Å². The Morgan fingerprint density at radius 1 is 1.32 bits per heavy atom. The Bertz CT molecular complexity index is 419. The molecule has 2 unspecified atom stereocenters. The lowest BCUT2D eigenvalue weighted by Crippen LogP contribution is -2.27. The number of hydrogen-bond acceptors (Lipinski definition) is 2. The van der Waals surface area contributed by atoms with Crippen LogP contribution in [-0.4, -0.2) is 28.7 Å². The van der Waals surface area contributed by atoms with Crippen LogP contribution in [0.4, 0.5) is 0 Å². The van der Waals surface area contributed by atoms with Gasteiger partial charge in [-0.2, -0.15) is 0 Å². The SMILES string of the molecule is CCC1OC2[C@H](Cl)C[C@@H]1[C@@H]2/C=C\C/C=C\CCCCC(=O)O. The minimum atomic E-state index is -0.705. The van der Waals surface area contributed by atoms with Gasteiger partial charge in [0.1, 0.15) is 0 Å². The fraction of sp³-hybridized carbons (Fsp3) is 0.722. The number of halogens is 1. The van der Waals surface area contributed by atoms with Gasteiger partial charge in [0, 0.05) is 12.3 Å².